The number of hydrogen-bond acceptors (Lipinski definition) is 5. The van der Waals surface area contributed by atoms with Crippen LogP contribution in [-0.2, 0) is 18.5 Å². The van der Waals surface area contributed by atoms with Crippen molar-refractivity contribution in [2.45, 2.75) is 58.5 Å². The molecule has 1 fully saturated rings. The second-order valence-corrected chi connectivity index (χ2v) is 8.22. The van der Waals surface area contributed by atoms with E-state index in [1.54, 1.807) is 13.2 Å². The number of guanidine groups is 1. The lowest BCUT2D eigenvalue weighted by Gasteiger charge is -2.28. The number of rotatable bonds is 5. The number of nitrogens with one attached hydrogen (secondary N) is 2. The molecule has 0 spiro atoms. The zero-order valence-corrected chi connectivity index (χ0v) is 20.2. The molecule has 29 heavy (non-hydrogen) atoms. The molecule has 0 amide bonds. The third kappa shape index (κ3) is 6.87. The van der Waals surface area contributed by atoms with Gasteiger partial charge in [-0.25, -0.2) is 9.97 Å². The first-order valence-corrected chi connectivity index (χ1v) is 10.1. The third-order valence-corrected chi connectivity index (χ3v) is 4.87. The number of oxazole rings is 1. The SMILES string of the molecule is CN=C(NCc1ccnc(N2CCCCC2)c1)NCc1ncc(C(C)(C)C)o1.I. The summed E-state index contributed by atoms with van der Waals surface area (Å²) in [6.45, 7) is 9.70. The van der Waals surface area contributed by atoms with Gasteiger partial charge in [0.25, 0.3) is 0 Å². The Kier molecular flexibility index (Phi) is 8.73. The smallest absolute Gasteiger partial charge is 0.213 e. The first-order valence-electron chi connectivity index (χ1n) is 10.1. The summed E-state index contributed by atoms with van der Waals surface area (Å²) in [6.07, 6.45) is 7.50. The molecule has 0 saturated carbocycles. The predicted molar refractivity (Wildman–Crippen MR) is 128 cm³/mol. The minimum absolute atomic E-state index is 0. The standard InChI is InChI=1S/C21H32N6O.HI/c1-21(2,3)17-14-24-19(28-17)15-26-20(22-4)25-13-16-8-9-23-18(12-16)27-10-6-5-7-11-27;/h8-9,12,14H,5-7,10-11,13,15H2,1-4H3,(H2,22,25,26);1H. The molecule has 0 aromatic carbocycles. The Labute approximate surface area is 190 Å². The monoisotopic (exact) mass is 512 g/mol. The molecule has 2 N–H and O–H groups in total. The summed E-state index contributed by atoms with van der Waals surface area (Å²) >= 11 is 0. The second kappa shape index (κ2) is 10.8. The van der Waals surface area contributed by atoms with Gasteiger partial charge < -0.3 is 20.0 Å². The van der Waals surface area contributed by atoms with Crippen LogP contribution in [0.2, 0.25) is 0 Å². The Morgan fingerprint density at radius 1 is 1.14 bits per heavy atom. The van der Waals surface area contributed by atoms with E-state index in [-0.39, 0.29) is 29.4 Å². The number of anilines is 1. The van der Waals surface area contributed by atoms with Gasteiger partial charge in [-0.2, -0.15) is 0 Å². The average Bonchev–Trinajstić information content (AvgIpc) is 3.19. The van der Waals surface area contributed by atoms with Crippen molar-refractivity contribution in [3.8, 4) is 0 Å². The molecule has 2 aromatic heterocycles. The van der Waals surface area contributed by atoms with Gasteiger partial charge in [0.05, 0.1) is 12.7 Å². The maximum absolute atomic E-state index is 5.82. The first-order chi connectivity index (χ1) is 13.5. The summed E-state index contributed by atoms with van der Waals surface area (Å²) < 4.78 is 5.82. The summed E-state index contributed by atoms with van der Waals surface area (Å²) in [4.78, 5) is 15.5. The first kappa shape index (κ1) is 23.4. The van der Waals surface area contributed by atoms with Gasteiger partial charge in [-0.3, -0.25) is 4.99 Å². The molecule has 3 rings (SSSR count). The van der Waals surface area contributed by atoms with Crippen LogP contribution < -0.4 is 15.5 Å². The van der Waals surface area contributed by atoms with Crippen molar-refractivity contribution < 1.29 is 4.42 Å². The molecular formula is C21H33IN6O. The average molecular weight is 512 g/mol. The molecule has 0 radical (unpaired) electrons. The quantitative estimate of drug-likeness (QED) is 0.360. The molecule has 8 heteroatoms. The van der Waals surface area contributed by atoms with E-state index in [1.807, 2.05) is 12.3 Å². The minimum atomic E-state index is -0.0431. The lowest BCUT2D eigenvalue weighted by atomic mass is 9.94. The second-order valence-electron chi connectivity index (χ2n) is 8.22. The van der Waals surface area contributed by atoms with Crippen molar-refractivity contribution >= 4 is 35.8 Å². The Bertz CT molecular complexity index is 792. The minimum Gasteiger partial charge on any atom is -0.443 e. The van der Waals surface area contributed by atoms with Crippen LogP contribution in [0.5, 0.6) is 0 Å². The van der Waals surface area contributed by atoms with Gasteiger partial charge in [0.15, 0.2) is 5.96 Å². The molecule has 160 valence electrons. The molecule has 7 nitrogen and oxygen atoms in total. The Morgan fingerprint density at radius 2 is 1.86 bits per heavy atom. The summed E-state index contributed by atoms with van der Waals surface area (Å²) in [5, 5.41) is 6.60. The number of nitrogens with zero attached hydrogens (tertiary/aromatic N) is 4. The van der Waals surface area contributed by atoms with Crippen LogP contribution in [0, 0.1) is 0 Å². The highest BCUT2D eigenvalue weighted by molar-refractivity contribution is 14.0. The fourth-order valence-corrected chi connectivity index (χ4v) is 3.17. The Morgan fingerprint density at radius 3 is 2.52 bits per heavy atom. The van der Waals surface area contributed by atoms with Gasteiger partial charge in [0.1, 0.15) is 11.6 Å². The summed E-state index contributed by atoms with van der Waals surface area (Å²) in [5.41, 5.74) is 1.14. The Hall–Kier alpha value is -1.84. The van der Waals surface area contributed by atoms with Crippen LogP contribution >= 0.6 is 24.0 Å². The van der Waals surface area contributed by atoms with Gasteiger partial charge in [-0.1, -0.05) is 20.8 Å². The van der Waals surface area contributed by atoms with Crippen molar-refractivity contribution in [3.05, 3.63) is 41.7 Å². The van der Waals surface area contributed by atoms with Crippen LogP contribution in [-0.4, -0.2) is 36.1 Å². The van der Waals surface area contributed by atoms with E-state index in [2.05, 4.69) is 57.3 Å². The number of aromatic nitrogens is 2. The van der Waals surface area contributed by atoms with Gasteiger partial charge in [0.2, 0.25) is 5.89 Å². The number of piperidine rings is 1. The molecule has 0 unspecified atom stereocenters. The highest BCUT2D eigenvalue weighted by Gasteiger charge is 2.19. The lowest BCUT2D eigenvalue weighted by Crippen LogP contribution is -2.36. The maximum Gasteiger partial charge on any atom is 0.213 e. The number of halogens is 1. The van der Waals surface area contributed by atoms with Gasteiger partial charge in [-0.15, -0.1) is 24.0 Å². The third-order valence-electron chi connectivity index (χ3n) is 4.87. The van der Waals surface area contributed by atoms with Crippen molar-refractivity contribution in [2.24, 2.45) is 4.99 Å². The molecule has 1 aliphatic rings. The maximum atomic E-state index is 5.82. The summed E-state index contributed by atoms with van der Waals surface area (Å²) in [7, 11) is 1.76. The van der Waals surface area contributed by atoms with E-state index in [0.29, 0.717) is 24.9 Å². The van der Waals surface area contributed by atoms with Crippen LogP contribution in [0.15, 0.2) is 33.9 Å². The largest absolute Gasteiger partial charge is 0.443 e. The molecule has 1 saturated heterocycles. The summed E-state index contributed by atoms with van der Waals surface area (Å²) in [6, 6.07) is 4.20. The number of pyridine rings is 1. The Balaban J connectivity index is 0.00000300. The van der Waals surface area contributed by atoms with E-state index in [0.717, 1.165) is 24.7 Å². The van der Waals surface area contributed by atoms with Gasteiger partial charge in [0, 0.05) is 38.3 Å². The fourth-order valence-electron chi connectivity index (χ4n) is 3.17. The molecule has 3 heterocycles. The number of aliphatic imine (C=N–C) groups is 1. The van der Waals surface area contributed by atoms with E-state index in [4.69, 9.17) is 4.42 Å². The van der Waals surface area contributed by atoms with Crippen LogP contribution in [0.3, 0.4) is 0 Å². The van der Waals surface area contributed by atoms with E-state index in [1.165, 1.54) is 24.8 Å². The van der Waals surface area contributed by atoms with Crippen molar-refractivity contribution in [2.75, 3.05) is 25.0 Å². The van der Waals surface area contributed by atoms with Crippen LogP contribution in [0.1, 0.15) is 57.2 Å². The summed E-state index contributed by atoms with van der Waals surface area (Å²) in [5.74, 6) is 3.32. The molecule has 2 aromatic rings. The molecular weight excluding hydrogens is 479 g/mol. The molecule has 1 aliphatic heterocycles. The topological polar surface area (TPSA) is 78.6 Å². The normalized spacial score (nSPS) is 15.0. The predicted octanol–water partition coefficient (Wildman–Crippen LogP) is 3.84. The zero-order valence-electron chi connectivity index (χ0n) is 17.9. The van der Waals surface area contributed by atoms with E-state index in [9.17, 15) is 0 Å². The van der Waals surface area contributed by atoms with Crippen molar-refractivity contribution in [3.63, 3.8) is 0 Å². The van der Waals surface area contributed by atoms with E-state index < -0.39 is 0 Å². The molecule has 0 atom stereocenters. The highest BCUT2D eigenvalue weighted by Crippen LogP contribution is 2.22. The van der Waals surface area contributed by atoms with Crippen LogP contribution in [0.4, 0.5) is 5.82 Å². The van der Waals surface area contributed by atoms with Crippen LogP contribution in [0.25, 0.3) is 0 Å². The molecule has 0 aliphatic carbocycles. The van der Waals surface area contributed by atoms with Crippen molar-refractivity contribution in [1.29, 1.82) is 0 Å². The molecule has 0 bridgehead atoms. The lowest BCUT2D eigenvalue weighted by molar-refractivity contribution is 0.379. The van der Waals surface area contributed by atoms with Gasteiger partial charge in [-0.05, 0) is 37.0 Å². The van der Waals surface area contributed by atoms with Crippen molar-refractivity contribution in [1.82, 2.24) is 20.6 Å². The fraction of sp³-hybridized carbons (Fsp3) is 0.571. The highest BCUT2D eigenvalue weighted by atomic mass is 127. The van der Waals surface area contributed by atoms with Gasteiger partial charge >= 0.3 is 0 Å². The number of hydrogen-bond donors (Lipinski definition) is 2. The van der Waals surface area contributed by atoms with E-state index >= 15 is 0 Å². The zero-order chi connectivity index (χ0) is 20.0.